The van der Waals surface area contributed by atoms with E-state index in [1.165, 1.54) is 6.42 Å². The SMILES string of the molecule is CCSC1CCC(NC(=O)NCC(C)(C)CC(C)O)C1. The molecule has 3 N–H and O–H groups in total. The summed E-state index contributed by atoms with van der Waals surface area (Å²) in [7, 11) is 0. The Balaban J connectivity index is 2.24. The molecule has 0 saturated heterocycles. The zero-order valence-corrected chi connectivity index (χ0v) is 14.1. The fraction of sp³-hybridized carbons (Fsp3) is 0.933. The van der Waals surface area contributed by atoms with Gasteiger partial charge in [0.1, 0.15) is 0 Å². The first-order chi connectivity index (χ1) is 9.32. The molecule has 1 aliphatic rings. The van der Waals surface area contributed by atoms with Crippen LogP contribution in [0.4, 0.5) is 4.79 Å². The van der Waals surface area contributed by atoms with Crippen LogP contribution in [0.5, 0.6) is 0 Å². The van der Waals surface area contributed by atoms with Crippen LogP contribution in [0.1, 0.15) is 53.4 Å². The van der Waals surface area contributed by atoms with Gasteiger partial charge in [0.2, 0.25) is 0 Å². The summed E-state index contributed by atoms with van der Waals surface area (Å²) in [6.07, 6.45) is 3.73. The normalized spacial score (nSPS) is 24.4. The van der Waals surface area contributed by atoms with Gasteiger partial charge in [0.25, 0.3) is 0 Å². The Morgan fingerprint density at radius 3 is 2.75 bits per heavy atom. The highest BCUT2D eigenvalue weighted by atomic mass is 32.2. The number of hydrogen-bond donors (Lipinski definition) is 3. The second kappa shape index (κ2) is 8.13. The first-order valence-corrected chi connectivity index (χ1v) is 8.71. The average Bonchev–Trinajstić information content (AvgIpc) is 2.73. The van der Waals surface area contributed by atoms with Crippen molar-refractivity contribution in [2.45, 2.75) is 70.8 Å². The third-order valence-corrected chi connectivity index (χ3v) is 4.93. The lowest BCUT2D eigenvalue weighted by Gasteiger charge is -2.26. The Bertz CT molecular complexity index is 308. The second-order valence-corrected chi connectivity index (χ2v) is 8.21. The Hall–Kier alpha value is -0.420. The van der Waals surface area contributed by atoms with Crippen LogP contribution in [0.25, 0.3) is 0 Å². The molecule has 0 aromatic rings. The maximum Gasteiger partial charge on any atom is 0.315 e. The van der Waals surface area contributed by atoms with Crippen LogP contribution in [0, 0.1) is 5.41 Å². The number of carbonyl (C=O) groups is 1. The van der Waals surface area contributed by atoms with Gasteiger partial charge < -0.3 is 15.7 Å². The Morgan fingerprint density at radius 2 is 2.15 bits per heavy atom. The predicted octanol–water partition coefficient (Wildman–Crippen LogP) is 2.76. The fourth-order valence-corrected chi connectivity index (χ4v) is 4.03. The highest BCUT2D eigenvalue weighted by molar-refractivity contribution is 7.99. The van der Waals surface area contributed by atoms with Gasteiger partial charge in [0.15, 0.2) is 0 Å². The van der Waals surface area contributed by atoms with E-state index in [9.17, 15) is 9.90 Å². The van der Waals surface area contributed by atoms with Gasteiger partial charge in [0.05, 0.1) is 6.10 Å². The van der Waals surface area contributed by atoms with Crippen molar-refractivity contribution in [2.75, 3.05) is 12.3 Å². The molecule has 0 aromatic heterocycles. The van der Waals surface area contributed by atoms with Crippen molar-refractivity contribution in [1.29, 1.82) is 0 Å². The van der Waals surface area contributed by atoms with Crippen LogP contribution in [0.3, 0.4) is 0 Å². The molecule has 5 heteroatoms. The first kappa shape index (κ1) is 17.6. The predicted molar refractivity (Wildman–Crippen MR) is 86.2 cm³/mol. The molecule has 4 nitrogen and oxygen atoms in total. The maximum atomic E-state index is 11.9. The number of rotatable bonds is 7. The molecule has 0 spiro atoms. The quantitative estimate of drug-likeness (QED) is 0.677. The van der Waals surface area contributed by atoms with Crippen LogP contribution in [-0.4, -0.2) is 40.8 Å². The van der Waals surface area contributed by atoms with E-state index in [4.69, 9.17) is 0 Å². The molecule has 118 valence electrons. The number of aliphatic hydroxyl groups excluding tert-OH is 1. The van der Waals surface area contributed by atoms with Gasteiger partial charge in [-0.3, -0.25) is 0 Å². The highest BCUT2D eigenvalue weighted by Crippen LogP contribution is 2.29. The number of nitrogens with one attached hydrogen (secondary N) is 2. The molecule has 0 aromatic carbocycles. The molecule has 0 heterocycles. The summed E-state index contributed by atoms with van der Waals surface area (Å²) in [6, 6.07) is 0.245. The topological polar surface area (TPSA) is 61.4 Å². The van der Waals surface area contributed by atoms with Crippen molar-refractivity contribution in [3.63, 3.8) is 0 Å². The van der Waals surface area contributed by atoms with E-state index in [-0.39, 0.29) is 17.6 Å². The number of hydrogen-bond acceptors (Lipinski definition) is 3. The van der Waals surface area contributed by atoms with E-state index >= 15 is 0 Å². The summed E-state index contributed by atoms with van der Waals surface area (Å²) in [4.78, 5) is 11.9. The van der Waals surface area contributed by atoms with E-state index < -0.39 is 0 Å². The summed E-state index contributed by atoms with van der Waals surface area (Å²) in [6.45, 7) is 8.67. The number of urea groups is 1. The zero-order valence-electron chi connectivity index (χ0n) is 13.2. The van der Waals surface area contributed by atoms with Crippen LogP contribution >= 0.6 is 11.8 Å². The van der Waals surface area contributed by atoms with Crippen molar-refractivity contribution in [2.24, 2.45) is 5.41 Å². The Morgan fingerprint density at radius 1 is 1.45 bits per heavy atom. The molecule has 0 bridgehead atoms. The molecule has 3 atom stereocenters. The summed E-state index contributed by atoms with van der Waals surface area (Å²) < 4.78 is 0. The number of amides is 2. The Labute approximate surface area is 127 Å². The third kappa shape index (κ3) is 6.84. The average molecular weight is 302 g/mol. The minimum Gasteiger partial charge on any atom is -0.393 e. The number of thioether (sulfide) groups is 1. The number of carbonyl (C=O) groups excluding carboxylic acids is 1. The summed E-state index contributed by atoms with van der Waals surface area (Å²) in [5, 5.41) is 16.1. The molecule has 1 rings (SSSR count). The van der Waals surface area contributed by atoms with Crippen LogP contribution in [0.15, 0.2) is 0 Å². The minimum atomic E-state index is -0.337. The van der Waals surface area contributed by atoms with E-state index in [0.717, 1.165) is 18.6 Å². The first-order valence-electron chi connectivity index (χ1n) is 7.66. The van der Waals surface area contributed by atoms with Crippen molar-refractivity contribution in [3.8, 4) is 0 Å². The fourth-order valence-electron chi connectivity index (χ4n) is 2.89. The standard InChI is InChI=1S/C15H30N2O2S/c1-5-20-13-7-6-12(8-13)17-14(19)16-10-15(3,4)9-11(2)18/h11-13,18H,5-10H2,1-4H3,(H2,16,17,19). The van der Waals surface area contributed by atoms with Gasteiger partial charge in [-0.25, -0.2) is 4.79 Å². The van der Waals surface area contributed by atoms with Crippen molar-refractivity contribution in [3.05, 3.63) is 0 Å². The summed E-state index contributed by atoms with van der Waals surface area (Å²) in [5.74, 6) is 1.15. The molecule has 1 saturated carbocycles. The summed E-state index contributed by atoms with van der Waals surface area (Å²) >= 11 is 1.99. The van der Waals surface area contributed by atoms with Crippen LogP contribution in [0.2, 0.25) is 0 Å². The van der Waals surface area contributed by atoms with E-state index in [1.54, 1.807) is 6.92 Å². The van der Waals surface area contributed by atoms with E-state index in [2.05, 4.69) is 31.4 Å². The van der Waals surface area contributed by atoms with E-state index in [1.807, 2.05) is 11.8 Å². The lowest BCUT2D eigenvalue weighted by atomic mass is 9.87. The molecule has 2 amide bonds. The monoisotopic (exact) mass is 302 g/mol. The van der Waals surface area contributed by atoms with Gasteiger partial charge >= 0.3 is 6.03 Å². The van der Waals surface area contributed by atoms with E-state index in [0.29, 0.717) is 24.3 Å². The van der Waals surface area contributed by atoms with Crippen molar-refractivity contribution in [1.82, 2.24) is 10.6 Å². The molecular formula is C15H30N2O2S. The smallest absolute Gasteiger partial charge is 0.315 e. The van der Waals surface area contributed by atoms with Gasteiger partial charge in [-0.1, -0.05) is 20.8 Å². The van der Waals surface area contributed by atoms with Crippen LogP contribution in [-0.2, 0) is 0 Å². The third-order valence-electron chi connectivity index (χ3n) is 3.70. The number of aliphatic hydroxyl groups is 1. The Kier molecular flexibility index (Phi) is 7.17. The lowest BCUT2D eigenvalue weighted by molar-refractivity contribution is 0.128. The molecule has 3 unspecified atom stereocenters. The molecule has 0 radical (unpaired) electrons. The van der Waals surface area contributed by atoms with Crippen molar-refractivity contribution < 1.29 is 9.90 Å². The van der Waals surface area contributed by atoms with Gasteiger partial charge in [0, 0.05) is 17.8 Å². The molecular weight excluding hydrogens is 272 g/mol. The lowest BCUT2D eigenvalue weighted by Crippen LogP contribution is -2.44. The second-order valence-electron chi connectivity index (χ2n) is 6.63. The van der Waals surface area contributed by atoms with Gasteiger partial charge in [-0.15, -0.1) is 0 Å². The molecule has 20 heavy (non-hydrogen) atoms. The zero-order chi connectivity index (χ0) is 15.2. The molecule has 0 aliphatic heterocycles. The minimum absolute atomic E-state index is 0.0733. The maximum absolute atomic E-state index is 11.9. The summed E-state index contributed by atoms with van der Waals surface area (Å²) in [5.41, 5.74) is -0.0816. The highest BCUT2D eigenvalue weighted by Gasteiger charge is 2.26. The van der Waals surface area contributed by atoms with Gasteiger partial charge in [-0.2, -0.15) is 11.8 Å². The van der Waals surface area contributed by atoms with Crippen molar-refractivity contribution >= 4 is 17.8 Å². The van der Waals surface area contributed by atoms with Crippen LogP contribution < -0.4 is 10.6 Å². The molecule has 1 aliphatic carbocycles. The van der Waals surface area contributed by atoms with Gasteiger partial charge in [-0.05, 0) is 43.8 Å². The molecule has 1 fully saturated rings. The largest absolute Gasteiger partial charge is 0.393 e.